The first-order valence-electron chi connectivity index (χ1n) is 17.9. The number of thioether (sulfide) groups is 4. The van der Waals surface area contributed by atoms with Gasteiger partial charge in [0.1, 0.15) is 24.4 Å². The van der Waals surface area contributed by atoms with Gasteiger partial charge in [0.15, 0.2) is 6.29 Å². The van der Waals surface area contributed by atoms with Crippen molar-refractivity contribution in [3.05, 3.63) is 0 Å². The highest BCUT2D eigenvalue weighted by Crippen LogP contribution is 2.30. The molecule has 17 heteroatoms. The van der Waals surface area contributed by atoms with E-state index in [4.69, 9.17) is 66.6 Å². The summed E-state index contributed by atoms with van der Waals surface area (Å²) in [6.45, 7) is 7.99. The SMILES string of the molecule is NCCOCCOCCOC1OC(COCCCSCCN)C(OCCCSCCN)C(OCCCSCCN)C1OCCCSCCN. The average molecular weight is 780 g/mol. The second-order valence-electron chi connectivity index (χ2n) is 11.0. The molecule has 0 aromatic carbocycles. The van der Waals surface area contributed by atoms with Gasteiger partial charge in [-0.25, -0.2) is 0 Å². The third-order valence-electron chi connectivity index (χ3n) is 6.87. The van der Waals surface area contributed by atoms with Crippen molar-refractivity contribution in [3.8, 4) is 0 Å². The van der Waals surface area contributed by atoms with Gasteiger partial charge in [-0.15, -0.1) is 0 Å². The molecule has 1 rings (SSSR count). The molecule has 1 aliphatic heterocycles. The first-order chi connectivity index (χ1) is 24.2. The molecule has 1 fully saturated rings. The summed E-state index contributed by atoms with van der Waals surface area (Å²) in [5.41, 5.74) is 28.2. The monoisotopic (exact) mass is 779 g/mol. The van der Waals surface area contributed by atoms with Crippen LogP contribution in [0.1, 0.15) is 25.7 Å². The fourth-order valence-electron chi connectivity index (χ4n) is 4.69. The van der Waals surface area contributed by atoms with Crippen molar-refractivity contribution in [2.24, 2.45) is 28.7 Å². The third-order valence-corrected chi connectivity index (χ3v) is 11.3. The van der Waals surface area contributed by atoms with Gasteiger partial charge >= 0.3 is 0 Å². The smallest absolute Gasteiger partial charge is 0.187 e. The van der Waals surface area contributed by atoms with Gasteiger partial charge in [0.25, 0.3) is 0 Å². The molecule has 0 saturated carbocycles. The highest BCUT2D eigenvalue weighted by Gasteiger charge is 2.48. The normalized spacial score (nSPS) is 21.1. The summed E-state index contributed by atoms with van der Waals surface area (Å²) >= 11 is 7.33. The Labute approximate surface area is 313 Å². The van der Waals surface area contributed by atoms with Crippen LogP contribution in [-0.4, -0.2) is 176 Å². The predicted molar refractivity (Wildman–Crippen MR) is 209 cm³/mol. The van der Waals surface area contributed by atoms with Crippen LogP contribution in [0.5, 0.6) is 0 Å². The van der Waals surface area contributed by atoms with E-state index in [0.29, 0.717) is 98.8 Å². The molecule has 1 aliphatic rings. The quantitative estimate of drug-likeness (QED) is 0.0559. The van der Waals surface area contributed by atoms with Crippen LogP contribution in [-0.2, 0) is 37.9 Å². The van der Waals surface area contributed by atoms with Gasteiger partial charge in [-0.05, 0) is 48.7 Å². The molecule has 0 radical (unpaired) electrons. The number of ether oxygens (including phenoxy) is 8. The Morgan fingerprint density at radius 1 is 0.388 bits per heavy atom. The maximum atomic E-state index is 6.67. The summed E-state index contributed by atoms with van der Waals surface area (Å²) in [5.74, 6) is 7.64. The molecule has 10 N–H and O–H groups in total. The molecule has 49 heavy (non-hydrogen) atoms. The fraction of sp³-hybridized carbons (Fsp3) is 1.00. The lowest BCUT2D eigenvalue weighted by Gasteiger charge is -2.46. The molecule has 0 aliphatic carbocycles. The van der Waals surface area contributed by atoms with Crippen molar-refractivity contribution in [2.45, 2.75) is 56.4 Å². The molecule has 0 bridgehead atoms. The lowest BCUT2D eigenvalue weighted by molar-refractivity contribution is -0.324. The van der Waals surface area contributed by atoms with E-state index in [2.05, 4.69) is 0 Å². The Balaban J connectivity index is 3.06. The van der Waals surface area contributed by atoms with Gasteiger partial charge in [-0.3, -0.25) is 0 Å². The minimum atomic E-state index is -0.681. The number of nitrogens with two attached hydrogens (primary N) is 5. The molecule has 0 spiro atoms. The predicted octanol–water partition coefficient (Wildman–Crippen LogP) is 1.22. The maximum Gasteiger partial charge on any atom is 0.187 e. The second-order valence-corrected chi connectivity index (χ2v) is 15.9. The Morgan fingerprint density at radius 2 is 0.837 bits per heavy atom. The second kappa shape index (κ2) is 37.2. The van der Waals surface area contributed by atoms with Gasteiger partial charge in [0, 0.05) is 82.2 Å². The number of hydrogen-bond acceptors (Lipinski definition) is 17. The zero-order chi connectivity index (χ0) is 35.5. The van der Waals surface area contributed by atoms with E-state index >= 15 is 0 Å². The van der Waals surface area contributed by atoms with Crippen LogP contribution in [0.25, 0.3) is 0 Å². The van der Waals surface area contributed by atoms with E-state index in [1.54, 1.807) is 0 Å². The minimum Gasteiger partial charge on any atom is -0.379 e. The van der Waals surface area contributed by atoms with Crippen molar-refractivity contribution < 1.29 is 37.9 Å². The van der Waals surface area contributed by atoms with E-state index in [9.17, 15) is 0 Å². The average Bonchev–Trinajstić information content (AvgIpc) is 3.11. The summed E-state index contributed by atoms with van der Waals surface area (Å²) in [4.78, 5) is 0. The standard InChI is InChI=1S/C32H69N5O8S4/c33-5-14-38-15-16-39-17-18-44-32-31(43-13-4-22-49-26-9-37)30(42-12-3-21-48-25-8-36)29(41-11-2-20-47-24-7-35)28(45-32)27-40-10-1-19-46-23-6-34/h28-32H,1-27,33-37H2. The first-order valence-corrected chi connectivity index (χ1v) is 22.5. The Morgan fingerprint density at radius 3 is 1.35 bits per heavy atom. The Kier molecular flexibility index (Phi) is 36.4. The molecule has 13 nitrogen and oxygen atoms in total. The van der Waals surface area contributed by atoms with Crippen molar-refractivity contribution in [1.82, 2.24) is 0 Å². The topological polar surface area (TPSA) is 204 Å². The van der Waals surface area contributed by atoms with E-state index in [-0.39, 0.29) is 0 Å². The molecule has 0 aromatic heterocycles. The summed E-state index contributed by atoms with van der Waals surface area (Å²) < 4.78 is 50.1. The summed E-state index contributed by atoms with van der Waals surface area (Å²) in [6, 6.07) is 0. The van der Waals surface area contributed by atoms with Crippen LogP contribution in [0.4, 0.5) is 0 Å². The van der Waals surface area contributed by atoms with E-state index in [1.807, 2.05) is 47.0 Å². The zero-order valence-corrected chi connectivity index (χ0v) is 33.0. The van der Waals surface area contributed by atoms with Crippen LogP contribution < -0.4 is 28.7 Å². The number of hydrogen-bond donors (Lipinski definition) is 5. The highest BCUT2D eigenvalue weighted by molar-refractivity contribution is 7.99. The first kappa shape index (κ1) is 47.9. The molecule has 1 heterocycles. The van der Waals surface area contributed by atoms with Crippen molar-refractivity contribution in [2.75, 3.05) is 145 Å². The summed E-state index contributed by atoms with van der Waals surface area (Å²) in [6.07, 6.45) is 1.21. The van der Waals surface area contributed by atoms with E-state index in [0.717, 1.165) is 71.7 Å². The van der Waals surface area contributed by atoms with Crippen molar-refractivity contribution in [1.29, 1.82) is 0 Å². The Hall–Kier alpha value is 0.880. The van der Waals surface area contributed by atoms with E-state index in [1.165, 1.54) is 0 Å². The summed E-state index contributed by atoms with van der Waals surface area (Å²) in [5, 5.41) is 0. The molecule has 5 unspecified atom stereocenters. The molecule has 0 aromatic rings. The van der Waals surface area contributed by atoms with Crippen molar-refractivity contribution >= 4 is 47.0 Å². The van der Waals surface area contributed by atoms with Crippen LogP contribution >= 0.6 is 47.0 Å². The Bertz CT molecular complexity index is 693. The minimum absolute atomic E-state index is 0.325. The largest absolute Gasteiger partial charge is 0.379 e. The van der Waals surface area contributed by atoms with Gasteiger partial charge in [-0.1, -0.05) is 0 Å². The molecule has 0 amide bonds. The lowest BCUT2D eigenvalue weighted by atomic mass is 9.98. The van der Waals surface area contributed by atoms with Crippen LogP contribution in [0.3, 0.4) is 0 Å². The van der Waals surface area contributed by atoms with Gasteiger partial charge in [0.05, 0.1) is 39.6 Å². The fourth-order valence-corrected chi connectivity index (χ4v) is 7.46. The molecular formula is C32H69N5O8S4. The van der Waals surface area contributed by atoms with E-state index < -0.39 is 30.7 Å². The summed E-state index contributed by atoms with van der Waals surface area (Å²) in [7, 11) is 0. The number of rotatable bonds is 38. The van der Waals surface area contributed by atoms with Crippen molar-refractivity contribution in [3.63, 3.8) is 0 Å². The lowest BCUT2D eigenvalue weighted by Crippen LogP contribution is -2.62. The van der Waals surface area contributed by atoms with Gasteiger partial charge in [0.2, 0.25) is 0 Å². The molecule has 294 valence electrons. The van der Waals surface area contributed by atoms with Gasteiger partial charge < -0.3 is 66.6 Å². The van der Waals surface area contributed by atoms with Gasteiger partial charge in [-0.2, -0.15) is 47.0 Å². The zero-order valence-electron chi connectivity index (χ0n) is 29.8. The van der Waals surface area contributed by atoms with Crippen LogP contribution in [0, 0.1) is 0 Å². The molecular weight excluding hydrogens is 711 g/mol. The highest BCUT2D eigenvalue weighted by atomic mass is 32.2. The third kappa shape index (κ3) is 26.3. The van der Waals surface area contributed by atoms with Crippen LogP contribution in [0.2, 0.25) is 0 Å². The maximum absolute atomic E-state index is 6.67. The molecule has 5 atom stereocenters. The van der Waals surface area contributed by atoms with Crippen LogP contribution in [0.15, 0.2) is 0 Å². The molecule has 1 saturated heterocycles.